The Bertz CT molecular complexity index is 599. The Kier molecular flexibility index (Phi) is 4.57. The van der Waals surface area contributed by atoms with Crippen LogP contribution in [0.15, 0.2) is 36.4 Å². The maximum atomic E-state index is 13.6. The molecule has 0 heterocycles. The third-order valence-corrected chi connectivity index (χ3v) is 3.42. The predicted octanol–water partition coefficient (Wildman–Crippen LogP) is 3.87. The third-order valence-electron chi connectivity index (χ3n) is 3.09. The second-order valence-corrected chi connectivity index (χ2v) is 4.81. The van der Waals surface area contributed by atoms with Crippen molar-refractivity contribution in [2.75, 3.05) is 7.11 Å². The Morgan fingerprint density at radius 1 is 1.20 bits per heavy atom. The molecular formula is C15H14ClF2NO. The number of nitrogens with two attached hydrogens (primary N) is 1. The molecule has 0 aromatic heterocycles. The first-order chi connectivity index (χ1) is 9.52. The summed E-state index contributed by atoms with van der Waals surface area (Å²) in [7, 11) is 1.53. The van der Waals surface area contributed by atoms with Gasteiger partial charge in [0.1, 0.15) is 17.4 Å². The van der Waals surface area contributed by atoms with Gasteiger partial charge in [0, 0.05) is 16.6 Å². The van der Waals surface area contributed by atoms with E-state index >= 15 is 0 Å². The smallest absolute Gasteiger partial charge is 0.129 e. The van der Waals surface area contributed by atoms with Crippen molar-refractivity contribution >= 4 is 11.6 Å². The van der Waals surface area contributed by atoms with Gasteiger partial charge in [0.25, 0.3) is 0 Å². The summed E-state index contributed by atoms with van der Waals surface area (Å²) in [6.45, 7) is 0. The highest BCUT2D eigenvalue weighted by Crippen LogP contribution is 2.29. The minimum Gasteiger partial charge on any atom is -0.497 e. The third kappa shape index (κ3) is 3.08. The van der Waals surface area contributed by atoms with E-state index < -0.39 is 17.7 Å². The molecule has 0 aliphatic rings. The number of methoxy groups -OCH3 is 1. The summed E-state index contributed by atoms with van der Waals surface area (Å²) in [6, 6.07) is 8.17. The van der Waals surface area contributed by atoms with Gasteiger partial charge in [-0.1, -0.05) is 23.7 Å². The van der Waals surface area contributed by atoms with Crippen LogP contribution in [0.5, 0.6) is 5.75 Å². The van der Waals surface area contributed by atoms with Gasteiger partial charge in [-0.2, -0.15) is 0 Å². The molecule has 2 rings (SSSR count). The van der Waals surface area contributed by atoms with Crippen molar-refractivity contribution in [3.05, 3.63) is 64.2 Å². The molecule has 1 unspecified atom stereocenters. The second kappa shape index (κ2) is 6.20. The first-order valence-electron chi connectivity index (χ1n) is 6.05. The average Bonchev–Trinajstić information content (AvgIpc) is 2.42. The molecule has 0 saturated heterocycles. The van der Waals surface area contributed by atoms with Crippen molar-refractivity contribution < 1.29 is 13.5 Å². The summed E-state index contributed by atoms with van der Waals surface area (Å²) >= 11 is 6.10. The van der Waals surface area contributed by atoms with E-state index in [0.29, 0.717) is 16.3 Å². The fourth-order valence-corrected chi connectivity index (χ4v) is 2.30. The van der Waals surface area contributed by atoms with Gasteiger partial charge in [-0.3, -0.25) is 0 Å². The summed E-state index contributed by atoms with van der Waals surface area (Å²) < 4.78 is 32.2. The highest BCUT2D eigenvalue weighted by Gasteiger charge is 2.16. The Balaban J connectivity index is 2.26. The molecule has 2 aromatic carbocycles. The quantitative estimate of drug-likeness (QED) is 0.930. The summed E-state index contributed by atoms with van der Waals surface area (Å²) in [5, 5.41) is 0.411. The molecular weight excluding hydrogens is 284 g/mol. The van der Waals surface area contributed by atoms with Gasteiger partial charge in [0.2, 0.25) is 0 Å². The lowest BCUT2D eigenvalue weighted by Gasteiger charge is -2.15. The van der Waals surface area contributed by atoms with Crippen molar-refractivity contribution in [1.82, 2.24) is 0 Å². The zero-order valence-electron chi connectivity index (χ0n) is 10.9. The van der Waals surface area contributed by atoms with Gasteiger partial charge in [0.15, 0.2) is 0 Å². The van der Waals surface area contributed by atoms with E-state index in [9.17, 15) is 8.78 Å². The lowest BCUT2D eigenvalue weighted by molar-refractivity contribution is 0.414. The van der Waals surface area contributed by atoms with Crippen molar-refractivity contribution in [2.45, 2.75) is 12.5 Å². The lowest BCUT2D eigenvalue weighted by atomic mass is 9.99. The van der Waals surface area contributed by atoms with Crippen LogP contribution in [-0.2, 0) is 6.42 Å². The maximum Gasteiger partial charge on any atom is 0.129 e. The fourth-order valence-electron chi connectivity index (χ4n) is 1.99. The molecule has 0 aliphatic carbocycles. The molecule has 2 aromatic rings. The fraction of sp³-hybridized carbons (Fsp3) is 0.200. The number of hydrogen-bond acceptors (Lipinski definition) is 2. The second-order valence-electron chi connectivity index (χ2n) is 4.40. The van der Waals surface area contributed by atoms with Crippen molar-refractivity contribution in [2.24, 2.45) is 5.73 Å². The molecule has 0 radical (unpaired) electrons. The van der Waals surface area contributed by atoms with Gasteiger partial charge in [-0.15, -0.1) is 0 Å². The average molecular weight is 298 g/mol. The van der Waals surface area contributed by atoms with Crippen LogP contribution in [0.25, 0.3) is 0 Å². The maximum absolute atomic E-state index is 13.6. The Morgan fingerprint density at radius 3 is 2.40 bits per heavy atom. The number of ether oxygens (including phenoxy) is 1. The zero-order chi connectivity index (χ0) is 14.7. The monoisotopic (exact) mass is 297 g/mol. The molecule has 2 nitrogen and oxygen atoms in total. The van der Waals surface area contributed by atoms with Crippen LogP contribution in [-0.4, -0.2) is 7.11 Å². The van der Waals surface area contributed by atoms with E-state index in [2.05, 4.69) is 0 Å². The van der Waals surface area contributed by atoms with E-state index in [1.807, 2.05) is 0 Å². The van der Waals surface area contributed by atoms with E-state index in [0.717, 1.165) is 0 Å². The standard InChI is InChI=1S/C15H14ClF2NO/c1-20-9-5-6-10(12(16)7-9)15(19)8-11-13(17)3-2-4-14(11)18/h2-7,15H,8,19H2,1H3. The van der Waals surface area contributed by atoms with Gasteiger partial charge in [-0.05, 0) is 36.2 Å². The molecule has 0 saturated carbocycles. The lowest BCUT2D eigenvalue weighted by Crippen LogP contribution is -2.15. The molecule has 0 spiro atoms. The zero-order valence-corrected chi connectivity index (χ0v) is 11.6. The van der Waals surface area contributed by atoms with E-state index in [-0.39, 0.29) is 12.0 Å². The highest BCUT2D eigenvalue weighted by molar-refractivity contribution is 6.31. The van der Waals surface area contributed by atoms with Gasteiger partial charge in [-0.25, -0.2) is 8.78 Å². The summed E-state index contributed by atoms with van der Waals surface area (Å²) in [4.78, 5) is 0. The van der Waals surface area contributed by atoms with Gasteiger partial charge >= 0.3 is 0 Å². The number of halogens is 3. The van der Waals surface area contributed by atoms with Gasteiger partial charge < -0.3 is 10.5 Å². The Hall–Kier alpha value is -1.65. The first-order valence-corrected chi connectivity index (χ1v) is 6.42. The van der Waals surface area contributed by atoms with Crippen LogP contribution in [0.2, 0.25) is 5.02 Å². The minimum absolute atomic E-state index is 0.0323. The topological polar surface area (TPSA) is 35.2 Å². The molecule has 0 amide bonds. The summed E-state index contributed by atoms with van der Waals surface area (Å²) in [5.74, 6) is -0.613. The molecule has 0 bridgehead atoms. The molecule has 20 heavy (non-hydrogen) atoms. The van der Waals surface area contributed by atoms with Gasteiger partial charge in [0.05, 0.1) is 7.11 Å². The predicted molar refractivity (Wildman–Crippen MR) is 75.0 cm³/mol. The van der Waals surface area contributed by atoms with Crippen LogP contribution in [0, 0.1) is 11.6 Å². The summed E-state index contributed by atoms with van der Waals surface area (Å²) in [6.07, 6.45) is 0.0323. The Morgan fingerprint density at radius 2 is 1.85 bits per heavy atom. The molecule has 0 fully saturated rings. The minimum atomic E-state index is -0.606. The SMILES string of the molecule is COc1ccc(C(N)Cc2c(F)cccc2F)c(Cl)c1. The number of hydrogen-bond donors (Lipinski definition) is 1. The van der Waals surface area contributed by atoms with Crippen LogP contribution < -0.4 is 10.5 Å². The van der Waals surface area contributed by atoms with E-state index in [4.69, 9.17) is 22.1 Å². The van der Waals surface area contributed by atoms with Crippen LogP contribution >= 0.6 is 11.6 Å². The van der Waals surface area contributed by atoms with E-state index in [1.165, 1.54) is 25.3 Å². The number of rotatable bonds is 4. The van der Waals surface area contributed by atoms with Crippen LogP contribution in [0.1, 0.15) is 17.2 Å². The van der Waals surface area contributed by atoms with Crippen molar-refractivity contribution in [3.63, 3.8) is 0 Å². The van der Waals surface area contributed by atoms with Crippen LogP contribution in [0.4, 0.5) is 8.78 Å². The van der Waals surface area contributed by atoms with Crippen LogP contribution in [0.3, 0.4) is 0 Å². The first kappa shape index (κ1) is 14.8. The number of benzene rings is 2. The summed E-state index contributed by atoms with van der Waals surface area (Å²) in [5.41, 5.74) is 6.58. The molecule has 1 atom stereocenters. The van der Waals surface area contributed by atoms with Crippen molar-refractivity contribution in [1.29, 1.82) is 0 Å². The highest BCUT2D eigenvalue weighted by atomic mass is 35.5. The normalized spacial score (nSPS) is 12.2. The molecule has 106 valence electrons. The van der Waals surface area contributed by atoms with E-state index in [1.54, 1.807) is 18.2 Å². The molecule has 5 heteroatoms. The molecule has 0 aliphatic heterocycles. The largest absolute Gasteiger partial charge is 0.497 e. The molecule has 2 N–H and O–H groups in total. The Labute approximate surface area is 121 Å². The van der Waals surface area contributed by atoms with Crippen molar-refractivity contribution in [3.8, 4) is 5.75 Å².